The summed E-state index contributed by atoms with van der Waals surface area (Å²) in [6.45, 7) is 6.33. The van der Waals surface area contributed by atoms with Crippen LogP contribution >= 0.6 is 0 Å². The Kier molecular flexibility index (Phi) is 7.54. The Morgan fingerprint density at radius 2 is 1.71 bits per heavy atom. The van der Waals surface area contributed by atoms with Gasteiger partial charge in [0.15, 0.2) is 11.5 Å². The molecule has 0 aliphatic carbocycles. The molecule has 0 heterocycles. The van der Waals surface area contributed by atoms with Gasteiger partial charge in [-0.2, -0.15) is 0 Å². The molecular formula is C25H25NO5. The van der Waals surface area contributed by atoms with Gasteiger partial charge in [-0.15, -0.1) is 0 Å². The van der Waals surface area contributed by atoms with Gasteiger partial charge in [-0.1, -0.05) is 18.7 Å². The summed E-state index contributed by atoms with van der Waals surface area (Å²) in [4.78, 5) is 12.7. The van der Waals surface area contributed by atoms with Crippen LogP contribution in [0.1, 0.15) is 17.3 Å². The predicted octanol–water partition coefficient (Wildman–Crippen LogP) is 5.70. The van der Waals surface area contributed by atoms with E-state index in [0.717, 1.165) is 0 Å². The number of carbonyl (C=O) groups is 1. The van der Waals surface area contributed by atoms with E-state index >= 15 is 0 Å². The Balaban J connectivity index is 1.67. The molecule has 31 heavy (non-hydrogen) atoms. The fraction of sp³-hybridized carbons (Fsp3) is 0.160. The fourth-order valence-electron chi connectivity index (χ4n) is 2.80. The zero-order valence-electron chi connectivity index (χ0n) is 17.6. The van der Waals surface area contributed by atoms with Gasteiger partial charge < -0.3 is 24.3 Å². The Bertz CT molecular complexity index is 1030. The van der Waals surface area contributed by atoms with Crippen LogP contribution in [0, 0.1) is 0 Å². The number of nitrogens with one attached hydrogen (secondary N) is 1. The van der Waals surface area contributed by atoms with Crippen LogP contribution < -0.4 is 24.3 Å². The molecule has 0 unspecified atom stereocenters. The molecule has 6 nitrogen and oxygen atoms in total. The van der Waals surface area contributed by atoms with Crippen molar-refractivity contribution in [2.45, 2.75) is 6.92 Å². The van der Waals surface area contributed by atoms with Gasteiger partial charge in [0.25, 0.3) is 5.91 Å². The van der Waals surface area contributed by atoms with Gasteiger partial charge in [-0.25, -0.2) is 0 Å². The minimum Gasteiger partial charge on any atom is -0.497 e. The molecule has 0 radical (unpaired) electrons. The first-order chi connectivity index (χ1) is 15.1. The van der Waals surface area contributed by atoms with Crippen LogP contribution in [0.5, 0.6) is 28.7 Å². The zero-order chi connectivity index (χ0) is 22.1. The van der Waals surface area contributed by atoms with Crippen LogP contribution in [-0.2, 0) is 0 Å². The third-order valence-corrected chi connectivity index (χ3v) is 4.25. The van der Waals surface area contributed by atoms with Crippen LogP contribution in [0.4, 0.5) is 5.69 Å². The molecule has 0 bridgehead atoms. The van der Waals surface area contributed by atoms with Crippen molar-refractivity contribution in [2.24, 2.45) is 0 Å². The molecule has 0 aliphatic heterocycles. The maximum Gasteiger partial charge on any atom is 0.255 e. The van der Waals surface area contributed by atoms with Crippen LogP contribution in [0.25, 0.3) is 0 Å². The molecule has 1 N–H and O–H groups in total. The van der Waals surface area contributed by atoms with E-state index < -0.39 is 0 Å². The van der Waals surface area contributed by atoms with Crippen molar-refractivity contribution in [3.05, 3.63) is 84.9 Å². The molecule has 1 amide bonds. The van der Waals surface area contributed by atoms with Crippen molar-refractivity contribution in [3.63, 3.8) is 0 Å². The second kappa shape index (κ2) is 10.7. The number of methoxy groups -OCH3 is 1. The average molecular weight is 419 g/mol. The monoisotopic (exact) mass is 419 g/mol. The summed E-state index contributed by atoms with van der Waals surface area (Å²) in [7, 11) is 1.61. The van der Waals surface area contributed by atoms with Gasteiger partial charge in [-0.3, -0.25) is 4.79 Å². The lowest BCUT2D eigenvalue weighted by Gasteiger charge is -2.13. The van der Waals surface area contributed by atoms with E-state index in [1.54, 1.807) is 61.7 Å². The molecule has 0 saturated carbocycles. The van der Waals surface area contributed by atoms with Crippen molar-refractivity contribution in [2.75, 3.05) is 25.6 Å². The first-order valence-corrected chi connectivity index (χ1v) is 9.86. The summed E-state index contributed by atoms with van der Waals surface area (Å²) < 4.78 is 22.2. The molecule has 0 fully saturated rings. The maximum atomic E-state index is 12.7. The third kappa shape index (κ3) is 6.02. The highest BCUT2D eigenvalue weighted by Gasteiger charge is 2.12. The van der Waals surface area contributed by atoms with Gasteiger partial charge in [0, 0.05) is 17.3 Å². The summed E-state index contributed by atoms with van der Waals surface area (Å²) in [5.74, 6) is 2.86. The van der Waals surface area contributed by atoms with E-state index in [1.165, 1.54) is 0 Å². The van der Waals surface area contributed by atoms with Gasteiger partial charge in [-0.05, 0) is 61.5 Å². The van der Waals surface area contributed by atoms with Crippen molar-refractivity contribution >= 4 is 11.6 Å². The molecule has 6 heteroatoms. The number of amides is 1. The van der Waals surface area contributed by atoms with Gasteiger partial charge in [0.05, 0.1) is 13.7 Å². The number of rotatable bonds is 10. The summed E-state index contributed by atoms with van der Waals surface area (Å²) in [5, 5.41) is 2.87. The maximum absolute atomic E-state index is 12.7. The second-order valence-corrected chi connectivity index (χ2v) is 6.45. The highest BCUT2D eigenvalue weighted by molar-refractivity contribution is 6.04. The molecule has 3 aromatic rings. The van der Waals surface area contributed by atoms with Crippen molar-refractivity contribution in [1.82, 2.24) is 0 Å². The molecule has 0 spiro atoms. The van der Waals surface area contributed by atoms with Gasteiger partial charge >= 0.3 is 0 Å². The molecule has 3 rings (SSSR count). The van der Waals surface area contributed by atoms with E-state index in [9.17, 15) is 4.79 Å². The normalized spacial score (nSPS) is 10.1. The van der Waals surface area contributed by atoms with E-state index in [2.05, 4.69) is 11.9 Å². The average Bonchev–Trinajstić information content (AvgIpc) is 2.80. The first kappa shape index (κ1) is 21.8. The van der Waals surface area contributed by atoms with Gasteiger partial charge in [0.1, 0.15) is 23.9 Å². The smallest absolute Gasteiger partial charge is 0.255 e. The Hall–Kier alpha value is -3.93. The zero-order valence-corrected chi connectivity index (χ0v) is 17.6. The SMILES string of the molecule is C=CCOc1ccc(C(=O)Nc2ccc(Oc3cccc(OC)c3)cc2)cc1OCC. The van der Waals surface area contributed by atoms with Crippen molar-refractivity contribution in [3.8, 4) is 28.7 Å². The molecule has 0 saturated heterocycles. The van der Waals surface area contributed by atoms with Crippen molar-refractivity contribution in [1.29, 1.82) is 0 Å². The standard InChI is InChI=1S/C25H25NO5/c1-4-15-30-23-14-9-18(16-24(23)29-5-2)25(27)26-19-10-12-20(13-11-19)31-22-8-6-7-21(17-22)28-3/h4,6-14,16-17H,1,5,15H2,2-3H3,(H,26,27). The molecule has 0 atom stereocenters. The third-order valence-electron chi connectivity index (χ3n) is 4.25. The minimum atomic E-state index is -0.252. The fourth-order valence-corrected chi connectivity index (χ4v) is 2.80. The number of anilines is 1. The largest absolute Gasteiger partial charge is 0.497 e. The van der Waals surface area contributed by atoms with Crippen LogP contribution in [-0.4, -0.2) is 26.2 Å². The molecule has 160 valence electrons. The minimum absolute atomic E-state index is 0.252. The highest BCUT2D eigenvalue weighted by Crippen LogP contribution is 2.29. The Morgan fingerprint density at radius 1 is 0.935 bits per heavy atom. The topological polar surface area (TPSA) is 66.0 Å². The van der Waals surface area contributed by atoms with E-state index in [0.29, 0.717) is 53.2 Å². The lowest BCUT2D eigenvalue weighted by Crippen LogP contribution is -2.12. The number of hydrogen-bond acceptors (Lipinski definition) is 5. The summed E-state index contributed by atoms with van der Waals surface area (Å²) in [5.41, 5.74) is 1.11. The number of hydrogen-bond donors (Lipinski definition) is 1. The van der Waals surface area contributed by atoms with E-state index in [-0.39, 0.29) is 5.91 Å². The lowest BCUT2D eigenvalue weighted by atomic mass is 10.1. The highest BCUT2D eigenvalue weighted by atomic mass is 16.5. The first-order valence-electron chi connectivity index (χ1n) is 9.86. The molecule has 0 aliphatic rings. The number of benzene rings is 3. The van der Waals surface area contributed by atoms with Crippen LogP contribution in [0.2, 0.25) is 0 Å². The lowest BCUT2D eigenvalue weighted by molar-refractivity contribution is 0.102. The van der Waals surface area contributed by atoms with Crippen LogP contribution in [0.3, 0.4) is 0 Å². The van der Waals surface area contributed by atoms with Gasteiger partial charge in [0.2, 0.25) is 0 Å². The predicted molar refractivity (Wildman–Crippen MR) is 121 cm³/mol. The molecule has 0 aromatic heterocycles. The van der Waals surface area contributed by atoms with Crippen LogP contribution in [0.15, 0.2) is 79.4 Å². The molecule has 3 aromatic carbocycles. The summed E-state index contributed by atoms with van der Waals surface area (Å²) in [6, 6.07) is 19.5. The quantitative estimate of drug-likeness (QED) is 0.427. The molecular weight excluding hydrogens is 394 g/mol. The second-order valence-electron chi connectivity index (χ2n) is 6.45. The number of carbonyl (C=O) groups excluding carboxylic acids is 1. The Morgan fingerprint density at radius 3 is 2.42 bits per heavy atom. The summed E-state index contributed by atoms with van der Waals surface area (Å²) >= 11 is 0. The summed E-state index contributed by atoms with van der Waals surface area (Å²) in [6.07, 6.45) is 1.65. The van der Waals surface area contributed by atoms with E-state index in [1.807, 2.05) is 25.1 Å². The number of ether oxygens (including phenoxy) is 4. The van der Waals surface area contributed by atoms with Crippen molar-refractivity contribution < 1.29 is 23.7 Å². The van der Waals surface area contributed by atoms with E-state index in [4.69, 9.17) is 18.9 Å². The Labute approximate surface area is 182 Å².